The summed E-state index contributed by atoms with van der Waals surface area (Å²) in [7, 11) is 0. The van der Waals surface area contributed by atoms with E-state index in [4.69, 9.17) is 0 Å². The van der Waals surface area contributed by atoms with Gasteiger partial charge in [0.05, 0.1) is 16.6 Å². The first-order valence-corrected chi connectivity index (χ1v) is 7.81. The highest BCUT2D eigenvalue weighted by Crippen LogP contribution is 2.30. The molecule has 7 heteroatoms. The summed E-state index contributed by atoms with van der Waals surface area (Å²) in [6.45, 7) is 0. The molecule has 1 N–H and O–H groups in total. The van der Waals surface area contributed by atoms with E-state index in [0.29, 0.717) is 16.3 Å². The van der Waals surface area contributed by atoms with Gasteiger partial charge in [0.2, 0.25) is 5.88 Å². The minimum atomic E-state index is -0.501. The molecular formula is C17H9FN2O3S. The molecule has 4 rings (SSSR count). The fourth-order valence-corrected chi connectivity index (χ4v) is 3.57. The molecule has 0 fully saturated rings. The first-order chi connectivity index (χ1) is 11.6. The van der Waals surface area contributed by atoms with Crippen LogP contribution in [0, 0.1) is 5.82 Å². The van der Waals surface area contributed by atoms with Crippen LogP contribution in [0.25, 0.3) is 11.3 Å². The van der Waals surface area contributed by atoms with Crippen LogP contribution in [0.15, 0.2) is 58.3 Å². The van der Waals surface area contributed by atoms with Crippen LogP contribution < -0.4 is 15.4 Å². The van der Waals surface area contributed by atoms with Gasteiger partial charge < -0.3 is 5.11 Å². The van der Waals surface area contributed by atoms with E-state index in [-0.39, 0.29) is 16.3 Å². The quantitative estimate of drug-likeness (QED) is 0.759. The summed E-state index contributed by atoms with van der Waals surface area (Å²) in [4.78, 5) is 28.1. The Hall–Kier alpha value is -3.06. The Morgan fingerprint density at radius 2 is 1.75 bits per heavy atom. The Balaban J connectivity index is 1.99. The monoisotopic (exact) mass is 340 g/mol. The Bertz CT molecular complexity index is 1160. The molecule has 24 heavy (non-hydrogen) atoms. The van der Waals surface area contributed by atoms with Gasteiger partial charge in [-0.3, -0.25) is 9.59 Å². The third-order valence-corrected chi connectivity index (χ3v) is 4.66. The molecule has 0 spiro atoms. The van der Waals surface area contributed by atoms with Crippen LogP contribution in [0.3, 0.4) is 0 Å². The molecule has 3 aromatic rings. The predicted molar refractivity (Wildman–Crippen MR) is 86.3 cm³/mol. The molecular weight excluding hydrogens is 331 g/mol. The molecule has 1 aliphatic heterocycles. The number of para-hydroxylation sites is 1. The Kier molecular flexibility index (Phi) is 3.17. The van der Waals surface area contributed by atoms with Crippen LogP contribution in [0.1, 0.15) is 4.88 Å². The van der Waals surface area contributed by atoms with Crippen molar-refractivity contribution in [2.75, 3.05) is 0 Å². The standard InChI is InChI=1S/C17H9FN2O3S/c18-9-5-7-10(8-6-9)20-16(22)14(24-17(20)23)13-11-3-1-2-4-12(11)19-15(13)21/h1-8,22H. The molecule has 2 aromatic carbocycles. The SMILES string of the molecule is O=C1N=c2ccccc2=C1c1sc(=O)n(-c2ccc(F)cc2)c1O. The number of hydrogen-bond acceptors (Lipinski definition) is 4. The molecule has 0 aliphatic carbocycles. The summed E-state index contributed by atoms with van der Waals surface area (Å²) in [5.74, 6) is -1.30. The first kappa shape index (κ1) is 14.5. The Morgan fingerprint density at radius 1 is 1.04 bits per heavy atom. The minimum absolute atomic E-state index is 0.156. The Morgan fingerprint density at radius 3 is 2.50 bits per heavy atom. The average molecular weight is 340 g/mol. The molecule has 0 saturated carbocycles. The third-order valence-electron chi connectivity index (χ3n) is 3.71. The van der Waals surface area contributed by atoms with E-state index in [1.807, 2.05) is 0 Å². The maximum atomic E-state index is 13.1. The van der Waals surface area contributed by atoms with Gasteiger partial charge in [0, 0.05) is 5.22 Å². The fourth-order valence-electron chi connectivity index (χ4n) is 2.63. The van der Waals surface area contributed by atoms with E-state index in [1.165, 1.54) is 24.3 Å². The molecule has 0 radical (unpaired) electrons. The van der Waals surface area contributed by atoms with Crippen molar-refractivity contribution < 1.29 is 14.3 Å². The van der Waals surface area contributed by atoms with Crippen molar-refractivity contribution in [3.63, 3.8) is 0 Å². The second-order valence-electron chi connectivity index (χ2n) is 5.14. The number of aromatic hydroxyl groups is 1. The second kappa shape index (κ2) is 5.24. The van der Waals surface area contributed by atoms with Gasteiger partial charge in [-0.2, -0.15) is 0 Å². The van der Waals surface area contributed by atoms with Crippen molar-refractivity contribution in [1.82, 2.24) is 4.57 Å². The van der Waals surface area contributed by atoms with Crippen LogP contribution in [-0.4, -0.2) is 15.6 Å². The maximum Gasteiger partial charge on any atom is 0.315 e. The molecule has 0 unspecified atom stereocenters. The lowest BCUT2D eigenvalue weighted by molar-refractivity contribution is -0.112. The van der Waals surface area contributed by atoms with Gasteiger partial charge in [0.15, 0.2) is 0 Å². The normalized spacial score (nSPS) is 13.0. The number of rotatable bonds is 2. The molecule has 1 aliphatic rings. The van der Waals surface area contributed by atoms with Crippen molar-refractivity contribution in [3.05, 3.63) is 79.5 Å². The van der Waals surface area contributed by atoms with E-state index >= 15 is 0 Å². The average Bonchev–Trinajstić information content (AvgIpc) is 3.04. The maximum absolute atomic E-state index is 13.1. The number of carbonyl (C=O) groups excluding carboxylic acids is 1. The summed E-state index contributed by atoms with van der Waals surface area (Å²) >= 11 is 0.750. The zero-order valence-electron chi connectivity index (χ0n) is 12.1. The molecule has 0 bridgehead atoms. The van der Waals surface area contributed by atoms with E-state index in [9.17, 15) is 19.1 Å². The highest BCUT2D eigenvalue weighted by Gasteiger charge is 2.26. The van der Waals surface area contributed by atoms with Crippen molar-refractivity contribution in [2.24, 2.45) is 4.99 Å². The minimum Gasteiger partial charge on any atom is -0.493 e. The van der Waals surface area contributed by atoms with E-state index in [2.05, 4.69) is 4.99 Å². The van der Waals surface area contributed by atoms with Gasteiger partial charge in [-0.05, 0) is 30.3 Å². The molecule has 0 saturated heterocycles. The zero-order chi connectivity index (χ0) is 16.8. The first-order valence-electron chi connectivity index (χ1n) is 7.00. The number of fused-ring (bicyclic) bond motifs is 1. The lowest BCUT2D eigenvalue weighted by atomic mass is 10.1. The number of halogens is 1. The molecule has 1 amide bonds. The molecule has 118 valence electrons. The lowest BCUT2D eigenvalue weighted by Crippen LogP contribution is -2.22. The van der Waals surface area contributed by atoms with Crippen LogP contribution in [-0.2, 0) is 4.79 Å². The van der Waals surface area contributed by atoms with Gasteiger partial charge in [-0.25, -0.2) is 13.9 Å². The number of aromatic nitrogens is 1. The predicted octanol–water partition coefficient (Wildman–Crippen LogP) is 1.10. The summed E-state index contributed by atoms with van der Waals surface area (Å²) in [5, 5.41) is 11.6. The van der Waals surface area contributed by atoms with Crippen LogP contribution in [0.4, 0.5) is 4.39 Å². The topological polar surface area (TPSA) is 71.7 Å². The number of benzene rings is 2. The van der Waals surface area contributed by atoms with Crippen molar-refractivity contribution >= 4 is 22.8 Å². The molecule has 5 nitrogen and oxygen atoms in total. The van der Waals surface area contributed by atoms with Crippen LogP contribution in [0.2, 0.25) is 0 Å². The van der Waals surface area contributed by atoms with E-state index in [1.54, 1.807) is 24.3 Å². The fraction of sp³-hybridized carbons (Fsp3) is 0. The number of hydrogen-bond donors (Lipinski definition) is 1. The van der Waals surface area contributed by atoms with Gasteiger partial charge in [0.25, 0.3) is 5.91 Å². The zero-order valence-corrected chi connectivity index (χ0v) is 12.9. The van der Waals surface area contributed by atoms with Gasteiger partial charge >= 0.3 is 4.87 Å². The van der Waals surface area contributed by atoms with Crippen molar-refractivity contribution in [2.45, 2.75) is 0 Å². The van der Waals surface area contributed by atoms with Crippen LogP contribution in [0.5, 0.6) is 5.88 Å². The van der Waals surface area contributed by atoms with Gasteiger partial charge in [-0.15, -0.1) is 0 Å². The van der Waals surface area contributed by atoms with Gasteiger partial charge in [0.1, 0.15) is 10.7 Å². The highest BCUT2D eigenvalue weighted by molar-refractivity contribution is 7.11. The molecule has 0 atom stereocenters. The second-order valence-corrected chi connectivity index (χ2v) is 6.10. The third kappa shape index (κ3) is 2.10. The summed E-state index contributed by atoms with van der Waals surface area (Å²) in [5.41, 5.74) is 0.517. The van der Waals surface area contributed by atoms with E-state index in [0.717, 1.165) is 15.9 Å². The smallest absolute Gasteiger partial charge is 0.315 e. The molecule has 2 heterocycles. The van der Waals surface area contributed by atoms with Crippen LogP contribution >= 0.6 is 11.3 Å². The van der Waals surface area contributed by atoms with Crippen molar-refractivity contribution in [1.29, 1.82) is 0 Å². The summed E-state index contributed by atoms with van der Waals surface area (Å²) < 4.78 is 14.1. The van der Waals surface area contributed by atoms with Crippen molar-refractivity contribution in [3.8, 4) is 11.6 Å². The van der Waals surface area contributed by atoms with E-state index < -0.39 is 16.6 Å². The Labute approximate surface area is 138 Å². The largest absolute Gasteiger partial charge is 0.493 e. The van der Waals surface area contributed by atoms with Gasteiger partial charge in [-0.1, -0.05) is 29.5 Å². The lowest BCUT2D eigenvalue weighted by Gasteiger charge is -2.04. The summed E-state index contributed by atoms with van der Waals surface area (Å²) in [6.07, 6.45) is 0. The number of amides is 1. The number of thiazole rings is 1. The highest BCUT2D eigenvalue weighted by atomic mass is 32.1. The number of nitrogens with zero attached hydrogens (tertiary/aromatic N) is 2. The summed E-state index contributed by atoms with van der Waals surface area (Å²) in [6, 6.07) is 12.1. The number of carbonyl (C=O) groups is 1. The molecule has 1 aromatic heterocycles.